The lowest BCUT2D eigenvalue weighted by Crippen LogP contribution is -2.22. The molecule has 0 amide bonds. The molecule has 5 nitrogen and oxygen atoms in total. The molecule has 112 valence electrons. The van der Waals surface area contributed by atoms with E-state index in [0.29, 0.717) is 0 Å². The molecule has 1 aromatic rings. The van der Waals surface area contributed by atoms with Crippen LogP contribution in [0.25, 0.3) is 0 Å². The smallest absolute Gasteiger partial charge is 0.333 e. The minimum atomic E-state index is -3.92. The molecule has 2 rings (SSSR count). The van der Waals surface area contributed by atoms with Crippen LogP contribution in [0.3, 0.4) is 0 Å². The molecule has 0 saturated carbocycles. The standard InChI is InChI=1S/C14H21NO4S/c1-10-6-4-5-7-12(10)13-11(8-14(2,3)19-13)9-18-20(15,16)17/h4-7,11,13H,8-9H2,1-3H3,(H2,15,16,17)/t11-,13+/m0/s1. The van der Waals surface area contributed by atoms with Gasteiger partial charge in [-0.1, -0.05) is 24.3 Å². The first-order valence-corrected chi connectivity index (χ1v) is 8.06. The van der Waals surface area contributed by atoms with Crippen molar-refractivity contribution < 1.29 is 17.3 Å². The first kappa shape index (κ1) is 15.4. The zero-order valence-corrected chi connectivity index (χ0v) is 12.8. The van der Waals surface area contributed by atoms with Gasteiger partial charge in [0, 0.05) is 5.92 Å². The Labute approximate surface area is 120 Å². The van der Waals surface area contributed by atoms with Crippen molar-refractivity contribution in [3.63, 3.8) is 0 Å². The van der Waals surface area contributed by atoms with E-state index in [4.69, 9.17) is 14.1 Å². The van der Waals surface area contributed by atoms with Gasteiger partial charge in [0.15, 0.2) is 0 Å². The van der Waals surface area contributed by atoms with E-state index in [2.05, 4.69) is 0 Å². The Hall–Kier alpha value is -0.950. The minimum absolute atomic E-state index is 0.0376. The fraction of sp³-hybridized carbons (Fsp3) is 0.571. The molecule has 1 aromatic carbocycles. The summed E-state index contributed by atoms with van der Waals surface area (Å²) >= 11 is 0. The van der Waals surface area contributed by atoms with Crippen molar-refractivity contribution in [2.45, 2.75) is 38.9 Å². The third kappa shape index (κ3) is 3.79. The molecule has 0 aliphatic carbocycles. The number of aryl methyl sites for hydroxylation is 1. The summed E-state index contributed by atoms with van der Waals surface area (Å²) < 4.78 is 32.8. The van der Waals surface area contributed by atoms with Crippen LogP contribution < -0.4 is 5.14 Å². The second-order valence-corrected chi connectivity index (χ2v) is 7.12. The number of benzene rings is 1. The quantitative estimate of drug-likeness (QED) is 0.923. The monoisotopic (exact) mass is 299 g/mol. The van der Waals surface area contributed by atoms with E-state index in [1.807, 2.05) is 45.0 Å². The molecule has 2 atom stereocenters. The van der Waals surface area contributed by atoms with E-state index in [0.717, 1.165) is 17.5 Å². The molecule has 1 fully saturated rings. The highest BCUT2D eigenvalue weighted by atomic mass is 32.2. The highest BCUT2D eigenvalue weighted by molar-refractivity contribution is 7.84. The average Bonchev–Trinajstić information content (AvgIpc) is 2.62. The normalized spacial score (nSPS) is 25.8. The van der Waals surface area contributed by atoms with E-state index < -0.39 is 10.3 Å². The number of ether oxygens (including phenoxy) is 1. The lowest BCUT2D eigenvalue weighted by molar-refractivity contribution is -0.0248. The SMILES string of the molecule is Cc1ccccc1[C@@H]1OC(C)(C)C[C@H]1COS(N)(=O)=O. The molecule has 6 heteroatoms. The summed E-state index contributed by atoms with van der Waals surface area (Å²) in [4.78, 5) is 0. The maximum absolute atomic E-state index is 11.0. The number of rotatable bonds is 4. The van der Waals surface area contributed by atoms with Gasteiger partial charge in [0.05, 0.1) is 18.3 Å². The van der Waals surface area contributed by atoms with Crippen LogP contribution in [-0.4, -0.2) is 20.6 Å². The summed E-state index contributed by atoms with van der Waals surface area (Å²) in [5, 5.41) is 4.90. The van der Waals surface area contributed by atoms with Crippen LogP contribution in [0.2, 0.25) is 0 Å². The largest absolute Gasteiger partial charge is 0.367 e. The molecular formula is C14H21NO4S. The Kier molecular flexibility index (Phi) is 4.20. The van der Waals surface area contributed by atoms with Gasteiger partial charge in [0.25, 0.3) is 0 Å². The van der Waals surface area contributed by atoms with E-state index in [1.165, 1.54) is 0 Å². The van der Waals surface area contributed by atoms with Crippen LogP contribution in [0.4, 0.5) is 0 Å². The van der Waals surface area contributed by atoms with Crippen LogP contribution in [-0.2, 0) is 19.2 Å². The van der Waals surface area contributed by atoms with Crippen LogP contribution in [0.5, 0.6) is 0 Å². The van der Waals surface area contributed by atoms with E-state index in [-0.39, 0.29) is 24.2 Å². The summed E-state index contributed by atoms with van der Waals surface area (Å²) in [6.07, 6.45) is 0.551. The van der Waals surface area contributed by atoms with Gasteiger partial charge in [-0.3, -0.25) is 4.18 Å². The van der Waals surface area contributed by atoms with E-state index in [9.17, 15) is 8.42 Å². The third-order valence-corrected chi connectivity index (χ3v) is 4.03. The molecule has 0 bridgehead atoms. The molecule has 0 unspecified atom stereocenters. The molecule has 20 heavy (non-hydrogen) atoms. The van der Waals surface area contributed by atoms with Crippen LogP contribution in [0, 0.1) is 12.8 Å². The van der Waals surface area contributed by atoms with Gasteiger partial charge in [0.2, 0.25) is 0 Å². The van der Waals surface area contributed by atoms with Crippen molar-refractivity contribution in [1.82, 2.24) is 0 Å². The zero-order chi connectivity index (χ0) is 15.0. The molecule has 2 N–H and O–H groups in total. The first-order valence-electron chi connectivity index (χ1n) is 6.58. The van der Waals surface area contributed by atoms with Gasteiger partial charge in [-0.15, -0.1) is 0 Å². The fourth-order valence-corrected chi connectivity index (χ4v) is 3.14. The second kappa shape index (κ2) is 5.44. The predicted octanol–water partition coefficient (Wildman–Crippen LogP) is 2.07. The Morgan fingerprint density at radius 1 is 1.40 bits per heavy atom. The van der Waals surface area contributed by atoms with Gasteiger partial charge in [0.1, 0.15) is 0 Å². The lowest BCUT2D eigenvalue weighted by atomic mass is 9.90. The van der Waals surface area contributed by atoms with Gasteiger partial charge in [-0.05, 0) is 38.3 Å². The van der Waals surface area contributed by atoms with Crippen molar-refractivity contribution >= 4 is 10.3 Å². The highest BCUT2D eigenvalue weighted by Crippen LogP contribution is 2.44. The highest BCUT2D eigenvalue weighted by Gasteiger charge is 2.42. The summed E-state index contributed by atoms with van der Waals surface area (Å²) in [5.41, 5.74) is 1.89. The van der Waals surface area contributed by atoms with Crippen LogP contribution in [0.1, 0.15) is 37.5 Å². The number of hydrogen-bond donors (Lipinski definition) is 1. The molecule has 1 heterocycles. The molecule has 1 saturated heterocycles. The maximum atomic E-state index is 11.0. The van der Waals surface area contributed by atoms with Gasteiger partial charge < -0.3 is 4.74 Å². The van der Waals surface area contributed by atoms with Gasteiger partial charge in [-0.25, -0.2) is 5.14 Å². The molecule has 0 radical (unpaired) electrons. The predicted molar refractivity (Wildman–Crippen MR) is 76.3 cm³/mol. The molecule has 1 aliphatic heterocycles. The minimum Gasteiger partial charge on any atom is -0.367 e. The van der Waals surface area contributed by atoms with Gasteiger partial charge in [-0.2, -0.15) is 8.42 Å². The average molecular weight is 299 g/mol. The Morgan fingerprint density at radius 3 is 2.65 bits per heavy atom. The lowest BCUT2D eigenvalue weighted by Gasteiger charge is -2.21. The summed E-state index contributed by atoms with van der Waals surface area (Å²) in [5.74, 6) is -0.0376. The zero-order valence-electron chi connectivity index (χ0n) is 12.0. The van der Waals surface area contributed by atoms with Crippen molar-refractivity contribution in [3.8, 4) is 0 Å². The molecule has 0 aromatic heterocycles. The van der Waals surface area contributed by atoms with Crippen molar-refractivity contribution in [2.75, 3.05) is 6.61 Å². The Balaban J connectivity index is 2.23. The van der Waals surface area contributed by atoms with Crippen molar-refractivity contribution in [1.29, 1.82) is 0 Å². The Morgan fingerprint density at radius 2 is 2.05 bits per heavy atom. The van der Waals surface area contributed by atoms with Crippen LogP contribution >= 0.6 is 0 Å². The molecule has 0 spiro atoms. The number of nitrogens with two attached hydrogens (primary N) is 1. The van der Waals surface area contributed by atoms with Crippen LogP contribution in [0.15, 0.2) is 24.3 Å². The summed E-state index contributed by atoms with van der Waals surface area (Å²) in [6, 6.07) is 7.94. The number of hydrogen-bond acceptors (Lipinski definition) is 4. The topological polar surface area (TPSA) is 78.6 Å². The van der Waals surface area contributed by atoms with E-state index in [1.54, 1.807) is 0 Å². The van der Waals surface area contributed by atoms with Gasteiger partial charge >= 0.3 is 10.3 Å². The second-order valence-electron chi connectivity index (χ2n) is 5.90. The fourth-order valence-electron chi connectivity index (χ4n) is 2.78. The third-order valence-electron chi connectivity index (χ3n) is 3.57. The summed E-state index contributed by atoms with van der Waals surface area (Å²) in [6.45, 7) is 6.05. The van der Waals surface area contributed by atoms with Crippen molar-refractivity contribution in [3.05, 3.63) is 35.4 Å². The molecular weight excluding hydrogens is 278 g/mol. The first-order chi connectivity index (χ1) is 9.18. The maximum Gasteiger partial charge on any atom is 0.333 e. The molecule has 1 aliphatic rings. The van der Waals surface area contributed by atoms with Crippen molar-refractivity contribution in [2.24, 2.45) is 11.1 Å². The van der Waals surface area contributed by atoms with E-state index >= 15 is 0 Å². The Bertz CT molecular complexity index is 583. The summed E-state index contributed by atoms with van der Waals surface area (Å²) in [7, 11) is -3.92.